The first-order valence-corrected chi connectivity index (χ1v) is 10.6. The van der Waals surface area contributed by atoms with Crippen molar-refractivity contribution < 1.29 is 0 Å². The second kappa shape index (κ2) is 8.78. The van der Waals surface area contributed by atoms with Crippen molar-refractivity contribution >= 4 is 35.0 Å². The third kappa shape index (κ3) is 5.21. The number of hydrogen-bond acceptors (Lipinski definition) is 4. The highest BCUT2D eigenvalue weighted by molar-refractivity contribution is 6.35. The molecule has 158 valence electrons. The molecule has 0 aliphatic heterocycles. The first-order chi connectivity index (χ1) is 14.1. The van der Waals surface area contributed by atoms with Gasteiger partial charge in [-0.05, 0) is 59.5 Å². The largest absolute Gasteiger partial charge is 0.373 e. The van der Waals surface area contributed by atoms with Crippen LogP contribution in [-0.2, 0) is 5.54 Å². The van der Waals surface area contributed by atoms with Crippen LogP contribution in [0.25, 0.3) is 6.08 Å². The van der Waals surface area contributed by atoms with Crippen molar-refractivity contribution in [1.29, 1.82) is 0 Å². The van der Waals surface area contributed by atoms with E-state index in [2.05, 4.69) is 61.5 Å². The summed E-state index contributed by atoms with van der Waals surface area (Å²) in [6, 6.07) is 15.4. The van der Waals surface area contributed by atoms with Gasteiger partial charge in [0.25, 0.3) is 0 Å². The number of benzene rings is 2. The highest BCUT2D eigenvalue weighted by atomic mass is 35.5. The number of nitrogens with one attached hydrogen (secondary N) is 1. The van der Waals surface area contributed by atoms with Gasteiger partial charge in [0, 0.05) is 15.7 Å². The lowest BCUT2D eigenvalue weighted by molar-refractivity contribution is 0.258. The Hall–Kier alpha value is -2.37. The van der Waals surface area contributed by atoms with Crippen molar-refractivity contribution in [3.8, 4) is 0 Å². The standard InChI is InChI=1S/C23H27Cl2N5/c1-22(2,3)20(14-12-16-11-13-17(24)15-19(16)25)30-21(27-28-29-30)23(4,5)26-18-9-7-6-8-10-18/h6-15,20,26H,1-5H3/b14-12+. The lowest BCUT2D eigenvalue weighted by Gasteiger charge is -2.33. The molecule has 0 fully saturated rings. The van der Waals surface area contributed by atoms with E-state index in [0.717, 1.165) is 17.1 Å². The molecule has 3 aromatic rings. The van der Waals surface area contributed by atoms with Gasteiger partial charge in [-0.25, -0.2) is 4.68 Å². The maximum Gasteiger partial charge on any atom is 0.176 e. The van der Waals surface area contributed by atoms with Gasteiger partial charge in [-0.2, -0.15) is 0 Å². The van der Waals surface area contributed by atoms with E-state index < -0.39 is 5.54 Å². The van der Waals surface area contributed by atoms with E-state index in [4.69, 9.17) is 23.2 Å². The molecule has 0 saturated heterocycles. The Morgan fingerprint density at radius 2 is 1.70 bits per heavy atom. The van der Waals surface area contributed by atoms with Crippen molar-refractivity contribution in [2.75, 3.05) is 5.32 Å². The fourth-order valence-electron chi connectivity index (χ4n) is 3.30. The van der Waals surface area contributed by atoms with Crippen LogP contribution in [0.5, 0.6) is 0 Å². The summed E-state index contributed by atoms with van der Waals surface area (Å²) in [5.74, 6) is 0.748. The number of halogens is 2. The van der Waals surface area contributed by atoms with Crippen LogP contribution < -0.4 is 5.32 Å². The summed E-state index contributed by atoms with van der Waals surface area (Å²) in [4.78, 5) is 0. The predicted molar refractivity (Wildman–Crippen MR) is 125 cm³/mol. The minimum absolute atomic E-state index is 0.0916. The molecule has 1 N–H and O–H groups in total. The van der Waals surface area contributed by atoms with Crippen LogP contribution in [0, 0.1) is 5.41 Å². The van der Waals surface area contributed by atoms with Gasteiger partial charge >= 0.3 is 0 Å². The van der Waals surface area contributed by atoms with Gasteiger partial charge in [-0.3, -0.25) is 0 Å². The Morgan fingerprint density at radius 1 is 1.00 bits per heavy atom. The third-order valence-electron chi connectivity index (χ3n) is 4.85. The minimum atomic E-state index is -0.486. The molecule has 0 aliphatic carbocycles. The molecule has 0 radical (unpaired) electrons. The van der Waals surface area contributed by atoms with E-state index in [1.807, 2.05) is 53.2 Å². The van der Waals surface area contributed by atoms with Gasteiger partial charge in [0.1, 0.15) is 0 Å². The van der Waals surface area contributed by atoms with Crippen LogP contribution in [0.2, 0.25) is 10.0 Å². The molecule has 0 saturated carbocycles. The molecule has 0 aliphatic rings. The molecular weight excluding hydrogens is 417 g/mol. The van der Waals surface area contributed by atoms with E-state index in [-0.39, 0.29) is 11.5 Å². The van der Waals surface area contributed by atoms with E-state index in [9.17, 15) is 0 Å². The molecule has 7 heteroatoms. The first kappa shape index (κ1) is 22.3. The Bertz CT molecular complexity index is 1020. The van der Waals surface area contributed by atoms with E-state index >= 15 is 0 Å². The number of anilines is 1. The van der Waals surface area contributed by atoms with Gasteiger partial charge in [0.15, 0.2) is 5.82 Å². The number of para-hydroxylation sites is 1. The van der Waals surface area contributed by atoms with Crippen LogP contribution >= 0.6 is 23.2 Å². The quantitative estimate of drug-likeness (QED) is 0.464. The zero-order valence-electron chi connectivity index (χ0n) is 17.9. The lowest BCUT2D eigenvalue weighted by Crippen LogP contribution is -2.35. The molecule has 0 spiro atoms. The van der Waals surface area contributed by atoms with Gasteiger partial charge in [0.2, 0.25) is 0 Å². The summed E-state index contributed by atoms with van der Waals surface area (Å²) in [6.45, 7) is 10.6. The summed E-state index contributed by atoms with van der Waals surface area (Å²) < 4.78 is 1.89. The second-order valence-corrected chi connectivity index (χ2v) is 9.74. The summed E-state index contributed by atoms with van der Waals surface area (Å²) in [7, 11) is 0. The number of hydrogen-bond donors (Lipinski definition) is 1. The van der Waals surface area contributed by atoms with E-state index in [1.54, 1.807) is 6.07 Å². The van der Waals surface area contributed by atoms with Crippen LogP contribution in [0.3, 0.4) is 0 Å². The highest BCUT2D eigenvalue weighted by Crippen LogP contribution is 2.35. The van der Waals surface area contributed by atoms with Crippen molar-refractivity contribution in [3.05, 3.63) is 76.0 Å². The van der Waals surface area contributed by atoms with Gasteiger partial charge in [-0.1, -0.05) is 80.4 Å². The third-order valence-corrected chi connectivity index (χ3v) is 5.42. The SMILES string of the molecule is CC(C)(Nc1ccccc1)c1nnnn1C(/C=C/c1ccc(Cl)cc1Cl)C(C)(C)C. The summed E-state index contributed by atoms with van der Waals surface area (Å²) in [5, 5.41) is 17.5. The van der Waals surface area contributed by atoms with Gasteiger partial charge in [-0.15, -0.1) is 5.10 Å². The number of rotatable bonds is 6. The Morgan fingerprint density at radius 3 is 2.33 bits per heavy atom. The first-order valence-electron chi connectivity index (χ1n) is 9.83. The maximum absolute atomic E-state index is 6.35. The van der Waals surface area contributed by atoms with Gasteiger partial charge in [0.05, 0.1) is 11.6 Å². The van der Waals surface area contributed by atoms with Crippen LogP contribution in [0.4, 0.5) is 5.69 Å². The normalized spacial score (nSPS) is 13.6. The molecule has 1 atom stereocenters. The zero-order valence-corrected chi connectivity index (χ0v) is 19.4. The Balaban J connectivity index is 1.97. The topological polar surface area (TPSA) is 55.6 Å². The van der Waals surface area contributed by atoms with E-state index in [1.165, 1.54) is 0 Å². The molecule has 1 unspecified atom stereocenters. The predicted octanol–water partition coefficient (Wildman–Crippen LogP) is 6.63. The molecule has 1 aromatic heterocycles. The molecule has 2 aromatic carbocycles. The summed E-state index contributed by atoms with van der Waals surface area (Å²) in [5.41, 5.74) is 1.28. The summed E-state index contributed by atoms with van der Waals surface area (Å²) >= 11 is 12.4. The molecule has 30 heavy (non-hydrogen) atoms. The van der Waals surface area contributed by atoms with E-state index in [0.29, 0.717) is 10.0 Å². The molecular formula is C23H27Cl2N5. The van der Waals surface area contributed by atoms with Crippen LogP contribution in [-0.4, -0.2) is 20.2 Å². The highest BCUT2D eigenvalue weighted by Gasteiger charge is 2.34. The average molecular weight is 444 g/mol. The number of nitrogens with zero attached hydrogens (tertiary/aromatic N) is 4. The Labute approximate surface area is 188 Å². The monoisotopic (exact) mass is 443 g/mol. The molecule has 0 bridgehead atoms. The minimum Gasteiger partial charge on any atom is -0.373 e. The maximum atomic E-state index is 6.35. The zero-order chi connectivity index (χ0) is 21.9. The fourth-order valence-corrected chi connectivity index (χ4v) is 3.77. The van der Waals surface area contributed by atoms with Crippen molar-refractivity contribution in [3.63, 3.8) is 0 Å². The van der Waals surface area contributed by atoms with Crippen LogP contribution in [0.15, 0.2) is 54.6 Å². The molecule has 3 rings (SSSR count). The molecule has 0 amide bonds. The van der Waals surface area contributed by atoms with Crippen molar-refractivity contribution in [1.82, 2.24) is 20.2 Å². The second-order valence-electron chi connectivity index (χ2n) is 8.90. The number of aromatic nitrogens is 4. The smallest absolute Gasteiger partial charge is 0.176 e. The van der Waals surface area contributed by atoms with Crippen LogP contribution in [0.1, 0.15) is 52.0 Å². The average Bonchev–Trinajstić information content (AvgIpc) is 3.13. The number of tetrazole rings is 1. The lowest BCUT2D eigenvalue weighted by atomic mass is 9.85. The fraction of sp³-hybridized carbons (Fsp3) is 0.348. The summed E-state index contributed by atoms with van der Waals surface area (Å²) in [6.07, 6.45) is 4.09. The molecule has 5 nitrogen and oxygen atoms in total. The van der Waals surface area contributed by atoms with Crippen molar-refractivity contribution in [2.24, 2.45) is 5.41 Å². The van der Waals surface area contributed by atoms with Gasteiger partial charge < -0.3 is 5.32 Å². The van der Waals surface area contributed by atoms with Crippen molar-refractivity contribution in [2.45, 2.75) is 46.2 Å². The number of allylic oxidation sites excluding steroid dienone is 1. The molecule has 1 heterocycles. The Kier molecular flexibility index (Phi) is 6.53.